The average Bonchev–Trinajstić information content (AvgIpc) is 2.39. The Morgan fingerprint density at radius 3 is 2.84 bits per heavy atom. The summed E-state index contributed by atoms with van der Waals surface area (Å²) in [4.78, 5) is 25.1. The Labute approximate surface area is 110 Å². The van der Waals surface area contributed by atoms with Crippen LogP contribution in [0.2, 0.25) is 0 Å². The second-order valence-electron chi connectivity index (χ2n) is 3.81. The fourth-order valence-corrected chi connectivity index (χ4v) is 1.32. The molecule has 1 aromatic heterocycles. The number of hydrogen-bond donors (Lipinski definition) is 2. The van der Waals surface area contributed by atoms with E-state index in [9.17, 15) is 14.9 Å². The Kier molecular flexibility index (Phi) is 5.68. The zero-order valence-electron chi connectivity index (χ0n) is 10.8. The fraction of sp³-hybridized carbons (Fsp3) is 0.455. The Hall–Kier alpha value is -2.22. The molecule has 0 radical (unpaired) electrons. The van der Waals surface area contributed by atoms with Crippen molar-refractivity contribution in [2.24, 2.45) is 0 Å². The van der Waals surface area contributed by atoms with Crippen LogP contribution < -0.4 is 10.6 Å². The number of pyridine rings is 1. The number of nitro groups is 1. The van der Waals surface area contributed by atoms with Gasteiger partial charge >= 0.3 is 5.82 Å². The van der Waals surface area contributed by atoms with E-state index in [2.05, 4.69) is 15.6 Å². The topological polar surface area (TPSA) is 106 Å². The number of anilines is 1. The summed E-state index contributed by atoms with van der Waals surface area (Å²) in [6.07, 6.45) is 1.32. The molecular formula is C11H16N4O4. The first-order chi connectivity index (χ1) is 9.04. The maximum absolute atomic E-state index is 11.6. The minimum Gasteiger partial charge on any atom is -0.383 e. The number of carbonyl (C=O) groups excluding carboxylic acids is 1. The van der Waals surface area contributed by atoms with Crippen molar-refractivity contribution < 1.29 is 14.5 Å². The highest BCUT2D eigenvalue weighted by Gasteiger charge is 2.13. The van der Waals surface area contributed by atoms with Crippen molar-refractivity contribution in [1.82, 2.24) is 10.3 Å². The van der Waals surface area contributed by atoms with Gasteiger partial charge in [-0.3, -0.25) is 4.79 Å². The van der Waals surface area contributed by atoms with Crippen molar-refractivity contribution in [3.63, 3.8) is 0 Å². The number of ether oxygens (including phenoxy) is 1. The second-order valence-corrected chi connectivity index (χ2v) is 3.81. The molecule has 0 spiro atoms. The van der Waals surface area contributed by atoms with Gasteiger partial charge in [0, 0.05) is 19.7 Å². The maximum atomic E-state index is 11.6. The van der Waals surface area contributed by atoms with Crippen LogP contribution in [0.5, 0.6) is 0 Å². The lowest BCUT2D eigenvalue weighted by Gasteiger charge is -2.14. The van der Waals surface area contributed by atoms with Gasteiger partial charge in [-0.25, -0.2) is 0 Å². The van der Waals surface area contributed by atoms with E-state index in [1.54, 1.807) is 14.0 Å². The largest absolute Gasteiger partial charge is 0.383 e. The molecular weight excluding hydrogens is 252 g/mol. The first kappa shape index (κ1) is 14.8. The lowest BCUT2D eigenvalue weighted by atomic mass is 10.3. The third kappa shape index (κ3) is 4.88. The Morgan fingerprint density at radius 2 is 2.32 bits per heavy atom. The molecule has 0 aliphatic heterocycles. The van der Waals surface area contributed by atoms with E-state index in [1.165, 1.54) is 18.3 Å². The first-order valence-corrected chi connectivity index (χ1v) is 5.68. The van der Waals surface area contributed by atoms with Gasteiger partial charge in [-0.05, 0) is 22.9 Å². The minimum absolute atomic E-state index is 0.185. The smallest absolute Gasteiger partial charge is 0.363 e. The molecule has 1 unspecified atom stereocenters. The van der Waals surface area contributed by atoms with E-state index in [1.807, 2.05) is 0 Å². The van der Waals surface area contributed by atoms with Crippen molar-refractivity contribution in [1.29, 1.82) is 0 Å². The van der Waals surface area contributed by atoms with Gasteiger partial charge in [0.25, 0.3) is 0 Å². The van der Waals surface area contributed by atoms with Gasteiger partial charge in [0.05, 0.1) is 12.3 Å². The van der Waals surface area contributed by atoms with Crippen molar-refractivity contribution in [2.45, 2.75) is 13.0 Å². The molecule has 2 N–H and O–H groups in total. The summed E-state index contributed by atoms with van der Waals surface area (Å²) in [5, 5.41) is 16.0. The van der Waals surface area contributed by atoms with E-state index in [-0.39, 0.29) is 11.7 Å². The number of aromatic nitrogens is 1. The summed E-state index contributed by atoms with van der Waals surface area (Å²) in [6, 6.07) is 2.31. The van der Waals surface area contributed by atoms with Crippen LogP contribution in [0.25, 0.3) is 0 Å². The van der Waals surface area contributed by atoms with Crippen molar-refractivity contribution in [3.05, 3.63) is 28.4 Å². The summed E-state index contributed by atoms with van der Waals surface area (Å²) in [5.41, 5.74) is 0.542. The molecule has 19 heavy (non-hydrogen) atoms. The highest BCUT2D eigenvalue weighted by atomic mass is 16.6. The molecule has 104 valence electrons. The molecule has 0 aromatic carbocycles. The standard InChI is InChI=1S/C11H16N4O4/c1-8(11(16)12-5-6-19-2)14-9-3-4-10(13-7-9)15(17)18/h3-4,7-8,14H,5-6H2,1-2H3,(H,12,16). The predicted octanol–water partition coefficient (Wildman–Crippen LogP) is 0.553. The molecule has 0 saturated heterocycles. The van der Waals surface area contributed by atoms with Crippen LogP contribution in [-0.2, 0) is 9.53 Å². The van der Waals surface area contributed by atoms with Gasteiger partial charge in [0.15, 0.2) is 6.20 Å². The summed E-state index contributed by atoms with van der Waals surface area (Å²) < 4.78 is 4.82. The maximum Gasteiger partial charge on any atom is 0.363 e. The van der Waals surface area contributed by atoms with Gasteiger partial charge in [0.1, 0.15) is 6.04 Å². The monoisotopic (exact) mass is 268 g/mol. The number of carbonyl (C=O) groups is 1. The zero-order valence-corrected chi connectivity index (χ0v) is 10.8. The van der Waals surface area contributed by atoms with Crippen LogP contribution in [-0.4, -0.2) is 42.1 Å². The average molecular weight is 268 g/mol. The molecule has 1 amide bonds. The third-order valence-electron chi connectivity index (χ3n) is 2.32. The lowest BCUT2D eigenvalue weighted by Crippen LogP contribution is -2.39. The summed E-state index contributed by atoms with van der Waals surface area (Å²) in [5.74, 6) is -0.418. The third-order valence-corrected chi connectivity index (χ3v) is 2.32. The highest BCUT2D eigenvalue weighted by Crippen LogP contribution is 2.12. The Morgan fingerprint density at radius 1 is 1.58 bits per heavy atom. The molecule has 1 rings (SSSR count). The van der Waals surface area contributed by atoms with E-state index < -0.39 is 11.0 Å². The molecule has 0 saturated carbocycles. The van der Waals surface area contributed by atoms with Gasteiger partial charge in [-0.15, -0.1) is 0 Å². The van der Waals surface area contributed by atoms with Crippen LogP contribution >= 0.6 is 0 Å². The zero-order chi connectivity index (χ0) is 14.3. The summed E-state index contributed by atoms with van der Waals surface area (Å²) in [7, 11) is 1.55. The highest BCUT2D eigenvalue weighted by molar-refractivity contribution is 5.84. The Balaban J connectivity index is 2.49. The van der Waals surface area contributed by atoms with E-state index in [0.717, 1.165) is 0 Å². The van der Waals surface area contributed by atoms with Crippen molar-refractivity contribution >= 4 is 17.4 Å². The van der Waals surface area contributed by atoms with Crippen molar-refractivity contribution in [2.75, 3.05) is 25.6 Å². The van der Waals surface area contributed by atoms with E-state index >= 15 is 0 Å². The van der Waals surface area contributed by atoms with Gasteiger partial charge < -0.3 is 25.5 Å². The molecule has 1 heterocycles. The molecule has 8 nitrogen and oxygen atoms in total. The van der Waals surface area contributed by atoms with Crippen LogP contribution in [0.1, 0.15) is 6.92 Å². The molecule has 1 aromatic rings. The minimum atomic E-state index is -0.579. The molecule has 0 bridgehead atoms. The second kappa shape index (κ2) is 7.27. The predicted molar refractivity (Wildman–Crippen MR) is 68.9 cm³/mol. The molecule has 0 fully saturated rings. The molecule has 8 heteroatoms. The van der Waals surface area contributed by atoms with Crippen molar-refractivity contribution in [3.8, 4) is 0 Å². The fourth-order valence-electron chi connectivity index (χ4n) is 1.32. The number of amides is 1. The lowest BCUT2D eigenvalue weighted by molar-refractivity contribution is -0.389. The SMILES string of the molecule is COCCNC(=O)C(C)Nc1ccc([N+](=O)[O-])nc1. The Bertz CT molecular complexity index is 435. The van der Waals surface area contributed by atoms with E-state index in [0.29, 0.717) is 18.8 Å². The first-order valence-electron chi connectivity index (χ1n) is 5.68. The quantitative estimate of drug-likeness (QED) is 0.425. The molecule has 0 aliphatic rings. The number of nitrogens with one attached hydrogen (secondary N) is 2. The molecule has 1 atom stereocenters. The van der Waals surface area contributed by atoms with Crippen LogP contribution in [0, 0.1) is 10.1 Å². The number of nitrogens with zero attached hydrogens (tertiary/aromatic N) is 2. The van der Waals surface area contributed by atoms with E-state index in [4.69, 9.17) is 4.74 Å². The van der Waals surface area contributed by atoms with Gasteiger partial charge in [-0.2, -0.15) is 0 Å². The van der Waals surface area contributed by atoms with Crippen LogP contribution in [0.4, 0.5) is 11.5 Å². The number of hydrogen-bond acceptors (Lipinski definition) is 6. The summed E-state index contributed by atoms with van der Waals surface area (Å²) >= 11 is 0. The van der Waals surface area contributed by atoms with Gasteiger partial charge in [-0.1, -0.05) is 0 Å². The van der Waals surface area contributed by atoms with Crippen LogP contribution in [0.3, 0.4) is 0 Å². The number of rotatable bonds is 7. The summed E-state index contributed by atoms with van der Waals surface area (Å²) in [6.45, 7) is 2.56. The normalized spacial score (nSPS) is 11.7. The molecule has 0 aliphatic carbocycles. The van der Waals surface area contributed by atoms with Gasteiger partial charge in [0.2, 0.25) is 5.91 Å². The number of methoxy groups -OCH3 is 1. The van der Waals surface area contributed by atoms with Crippen LogP contribution in [0.15, 0.2) is 18.3 Å².